The summed E-state index contributed by atoms with van der Waals surface area (Å²) in [6.45, 7) is 0. The Kier molecular flexibility index (Phi) is 3.93. The van der Waals surface area contributed by atoms with E-state index in [-0.39, 0.29) is 11.1 Å². The lowest BCUT2D eigenvalue weighted by atomic mass is 10.2. The molecule has 1 saturated heterocycles. The van der Waals surface area contributed by atoms with Gasteiger partial charge in [-0.15, -0.1) is 0 Å². The van der Waals surface area contributed by atoms with Crippen LogP contribution in [0, 0.1) is 0 Å². The van der Waals surface area contributed by atoms with Crippen LogP contribution in [0.15, 0.2) is 53.6 Å². The Balaban J connectivity index is 1.93. The van der Waals surface area contributed by atoms with Crippen molar-refractivity contribution < 1.29 is 14.3 Å². The van der Waals surface area contributed by atoms with E-state index in [1.807, 2.05) is 6.07 Å². The Morgan fingerprint density at radius 1 is 1.18 bits per heavy atom. The third-order valence-corrected chi connectivity index (χ3v) is 3.94. The second kappa shape index (κ2) is 6.03. The van der Waals surface area contributed by atoms with Crippen LogP contribution < -0.4 is 9.64 Å². The second-order valence-corrected chi connectivity index (χ2v) is 5.47. The Hall–Kier alpha value is -2.60. The summed E-state index contributed by atoms with van der Waals surface area (Å²) >= 11 is 0.903. The Labute approximate surface area is 131 Å². The van der Waals surface area contributed by atoms with Gasteiger partial charge in [0.15, 0.2) is 0 Å². The number of methoxy groups -OCH3 is 1. The lowest BCUT2D eigenvalue weighted by molar-refractivity contribution is -0.113. The van der Waals surface area contributed by atoms with Gasteiger partial charge in [0.05, 0.1) is 23.4 Å². The number of imide groups is 1. The van der Waals surface area contributed by atoms with E-state index in [4.69, 9.17) is 4.74 Å². The van der Waals surface area contributed by atoms with E-state index in [2.05, 4.69) is 4.98 Å². The van der Waals surface area contributed by atoms with E-state index >= 15 is 0 Å². The maximum atomic E-state index is 12.5. The highest BCUT2D eigenvalue weighted by Crippen LogP contribution is 2.36. The molecule has 0 saturated carbocycles. The first-order chi connectivity index (χ1) is 10.7. The van der Waals surface area contributed by atoms with Gasteiger partial charge in [-0.2, -0.15) is 0 Å². The molecular formula is C16H12N2O3S. The first-order valence-electron chi connectivity index (χ1n) is 6.52. The van der Waals surface area contributed by atoms with Crippen molar-refractivity contribution in [3.05, 3.63) is 59.3 Å². The molecule has 1 aliphatic heterocycles. The zero-order valence-electron chi connectivity index (χ0n) is 11.7. The summed E-state index contributed by atoms with van der Waals surface area (Å²) in [6.07, 6.45) is 3.25. The van der Waals surface area contributed by atoms with E-state index in [1.165, 1.54) is 7.11 Å². The number of nitrogens with zero attached hydrogens (tertiary/aromatic N) is 2. The van der Waals surface area contributed by atoms with Crippen LogP contribution in [-0.4, -0.2) is 23.2 Å². The van der Waals surface area contributed by atoms with Crippen LogP contribution >= 0.6 is 11.8 Å². The number of aromatic nitrogens is 1. The molecule has 1 aliphatic rings. The van der Waals surface area contributed by atoms with Gasteiger partial charge in [-0.05, 0) is 42.1 Å². The van der Waals surface area contributed by atoms with Gasteiger partial charge in [-0.3, -0.25) is 14.6 Å². The van der Waals surface area contributed by atoms with Gasteiger partial charge < -0.3 is 4.74 Å². The number of rotatable bonds is 3. The Bertz CT molecular complexity index is 759. The number of ether oxygens (including phenoxy) is 1. The molecule has 0 unspecified atom stereocenters. The first-order valence-corrected chi connectivity index (χ1v) is 7.34. The van der Waals surface area contributed by atoms with Crippen molar-refractivity contribution in [3.8, 4) is 5.75 Å². The predicted molar refractivity (Wildman–Crippen MR) is 85.7 cm³/mol. The van der Waals surface area contributed by atoms with Crippen molar-refractivity contribution in [2.24, 2.45) is 0 Å². The van der Waals surface area contributed by atoms with Gasteiger partial charge >= 0.3 is 0 Å². The van der Waals surface area contributed by atoms with E-state index in [0.29, 0.717) is 22.0 Å². The Morgan fingerprint density at radius 3 is 2.77 bits per heavy atom. The van der Waals surface area contributed by atoms with E-state index in [1.54, 1.807) is 48.7 Å². The molecule has 2 heterocycles. The number of carbonyl (C=O) groups excluding carboxylic acids is 2. The molecule has 110 valence electrons. The van der Waals surface area contributed by atoms with Gasteiger partial charge in [0.25, 0.3) is 11.1 Å². The van der Waals surface area contributed by atoms with E-state index < -0.39 is 0 Å². The number of pyridine rings is 1. The smallest absolute Gasteiger partial charge is 0.298 e. The SMILES string of the molecule is COc1cccc(N2C(=O)S/C(=C\c3ccccn3)C2=O)c1. The number of amides is 2. The van der Waals surface area contributed by atoms with E-state index in [0.717, 1.165) is 16.7 Å². The van der Waals surface area contributed by atoms with Crippen molar-refractivity contribution in [2.45, 2.75) is 0 Å². The second-order valence-electron chi connectivity index (χ2n) is 4.47. The monoisotopic (exact) mass is 312 g/mol. The highest BCUT2D eigenvalue weighted by atomic mass is 32.2. The number of benzene rings is 1. The summed E-state index contributed by atoms with van der Waals surface area (Å²) in [5, 5.41) is -0.333. The van der Waals surface area contributed by atoms with Gasteiger partial charge in [0, 0.05) is 12.3 Å². The standard InChI is InChI=1S/C16H12N2O3S/c1-21-13-7-4-6-12(10-13)18-15(19)14(22-16(18)20)9-11-5-2-3-8-17-11/h2-10H,1H3/b14-9-. The molecule has 2 amide bonds. The molecule has 0 radical (unpaired) electrons. The number of hydrogen-bond acceptors (Lipinski definition) is 5. The fraction of sp³-hybridized carbons (Fsp3) is 0.0625. The molecule has 22 heavy (non-hydrogen) atoms. The fourth-order valence-corrected chi connectivity index (χ4v) is 2.86. The zero-order chi connectivity index (χ0) is 15.5. The molecular weight excluding hydrogens is 300 g/mol. The number of thioether (sulfide) groups is 1. The molecule has 0 aliphatic carbocycles. The van der Waals surface area contributed by atoms with Gasteiger partial charge in [-0.1, -0.05) is 12.1 Å². The largest absolute Gasteiger partial charge is 0.497 e. The Morgan fingerprint density at radius 2 is 2.05 bits per heavy atom. The van der Waals surface area contributed by atoms with Crippen LogP contribution in [0.25, 0.3) is 6.08 Å². The molecule has 1 aromatic carbocycles. The first kappa shape index (κ1) is 14.3. The van der Waals surface area contributed by atoms with E-state index in [9.17, 15) is 9.59 Å². The average molecular weight is 312 g/mol. The maximum Gasteiger partial charge on any atom is 0.298 e. The molecule has 0 N–H and O–H groups in total. The van der Waals surface area contributed by atoms with Crippen LogP contribution in [0.5, 0.6) is 5.75 Å². The summed E-state index contributed by atoms with van der Waals surface area (Å²) in [7, 11) is 1.54. The molecule has 1 fully saturated rings. The van der Waals surface area contributed by atoms with Crippen molar-refractivity contribution in [1.82, 2.24) is 4.98 Å². The van der Waals surface area contributed by atoms with Gasteiger partial charge in [0.2, 0.25) is 0 Å². The zero-order valence-corrected chi connectivity index (χ0v) is 12.5. The molecule has 6 heteroatoms. The molecule has 0 spiro atoms. The van der Waals surface area contributed by atoms with Crippen molar-refractivity contribution >= 4 is 34.7 Å². The van der Waals surface area contributed by atoms with Gasteiger partial charge in [0.1, 0.15) is 5.75 Å². The van der Waals surface area contributed by atoms with Crippen LogP contribution in [0.3, 0.4) is 0 Å². The third kappa shape index (κ3) is 2.73. The summed E-state index contributed by atoms with van der Waals surface area (Å²) in [5.41, 5.74) is 1.13. The minimum Gasteiger partial charge on any atom is -0.497 e. The fourth-order valence-electron chi connectivity index (χ4n) is 2.04. The lowest BCUT2D eigenvalue weighted by Crippen LogP contribution is -2.27. The van der Waals surface area contributed by atoms with Crippen LogP contribution in [0.4, 0.5) is 10.5 Å². The molecule has 3 rings (SSSR count). The van der Waals surface area contributed by atoms with Crippen molar-refractivity contribution in [1.29, 1.82) is 0 Å². The molecule has 1 aromatic heterocycles. The minimum absolute atomic E-state index is 0.333. The molecule has 5 nitrogen and oxygen atoms in total. The van der Waals surface area contributed by atoms with Crippen LogP contribution in [0.2, 0.25) is 0 Å². The minimum atomic E-state index is -0.353. The predicted octanol–water partition coefficient (Wildman–Crippen LogP) is 3.33. The highest BCUT2D eigenvalue weighted by molar-refractivity contribution is 8.19. The third-order valence-electron chi connectivity index (χ3n) is 3.07. The topological polar surface area (TPSA) is 59.5 Å². The van der Waals surface area contributed by atoms with Crippen LogP contribution in [0.1, 0.15) is 5.69 Å². The summed E-state index contributed by atoms with van der Waals surface area (Å²) < 4.78 is 5.13. The highest BCUT2D eigenvalue weighted by Gasteiger charge is 2.36. The maximum absolute atomic E-state index is 12.5. The van der Waals surface area contributed by atoms with Crippen molar-refractivity contribution in [3.63, 3.8) is 0 Å². The average Bonchev–Trinajstić information content (AvgIpc) is 2.82. The molecule has 0 bridgehead atoms. The number of anilines is 1. The van der Waals surface area contributed by atoms with Crippen molar-refractivity contribution in [2.75, 3.05) is 12.0 Å². The lowest BCUT2D eigenvalue weighted by Gasteiger charge is -2.13. The van der Waals surface area contributed by atoms with Gasteiger partial charge in [-0.25, -0.2) is 4.90 Å². The summed E-state index contributed by atoms with van der Waals surface area (Å²) in [5.74, 6) is 0.235. The number of hydrogen-bond donors (Lipinski definition) is 0. The molecule has 2 aromatic rings. The quantitative estimate of drug-likeness (QED) is 0.814. The number of carbonyl (C=O) groups is 2. The van der Waals surface area contributed by atoms with Crippen LogP contribution in [-0.2, 0) is 4.79 Å². The summed E-state index contributed by atoms with van der Waals surface area (Å²) in [6, 6.07) is 12.2. The normalized spacial score (nSPS) is 16.4. The summed E-state index contributed by atoms with van der Waals surface area (Å²) in [4.78, 5) is 30.2. The molecule has 0 atom stereocenters.